The second kappa shape index (κ2) is 10.1. The number of carbonyl (C=O) groups excluding carboxylic acids is 3. The number of rotatable bonds is 9. The summed E-state index contributed by atoms with van der Waals surface area (Å²) in [4.78, 5) is 35.7. The molecule has 0 rings (SSSR count). The molecule has 0 radical (unpaired) electrons. The number of nitrogens with one attached hydrogen (secondary N) is 1. The molecule has 0 unspecified atom stereocenters. The van der Waals surface area contributed by atoms with Crippen LogP contribution in [0.4, 0.5) is 0 Å². The van der Waals surface area contributed by atoms with Crippen molar-refractivity contribution in [1.82, 2.24) is 5.32 Å². The Hall–Kier alpha value is -1.89. The van der Waals surface area contributed by atoms with Gasteiger partial charge in [-0.05, 0) is 33.1 Å². The lowest BCUT2D eigenvalue weighted by Crippen LogP contribution is -2.51. The third-order valence-corrected chi connectivity index (χ3v) is 2.98. The smallest absolute Gasteiger partial charge is 0.329 e. The van der Waals surface area contributed by atoms with Crippen molar-refractivity contribution in [2.75, 3.05) is 6.61 Å². The average Bonchev–Trinajstić information content (AvgIpc) is 2.45. The Morgan fingerprint density at radius 3 is 2.29 bits per heavy atom. The molecule has 0 aliphatic heterocycles. The van der Waals surface area contributed by atoms with Gasteiger partial charge in [0, 0.05) is 6.42 Å². The van der Waals surface area contributed by atoms with Gasteiger partial charge in [0.2, 0.25) is 5.91 Å². The van der Waals surface area contributed by atoms with Gasteiger partial charge < -0.3 is 20.5 Å². The van der Waals surface area contributed by atoms with E-state index in [1.54, 1.807) is 34.6 Å². The van der Waals surface area contributed by atoms with Gasteiger partial charge in [0.1, 0.15) is 18.2 Å². The van der Waals surface area contributed by atoms with Crippen LogP contribution in [0.2, 0.25) is 0 Å². The van der Waals surface area contributed by atoms with Gasteiger partial charge in [0.15, 0.2) is 0 Å². The Bertz CT molecular complexity index is 454. The molecule has 0 aromatic heterocycles. The minimum Gasteiger partial charge on any atom is -0.460 e. The molecule has 0 saturated carbocycles. The lowest BCUT2D eigenvalue weighted by Gasteiger charge is -2.23. The summed E-state index contributed by atoms with van der Waals surface area (Å²) in [6.07, 6.45) is 1.61. The van der Waals surface area contributed by atoms with E-state index in [0.29, 0.717) is 0 Å². The SMILES string of the molecule is C=CCOC(=O)[C@@H](NC(=O)[C@@H](N)CCC(=O)OC(C)(C)C)C(C)C. The quantitative estimate of drug-likeness (QED) is 0.483. The molecular formula is C17H30N2O5. The van der Waals surface area contributed by atoms with Crippen molar-refractivity contribution >= 4 is 17.8 Å². The summed E-state index contributed by atoms with van der Waals surface area (Å²) >= 11 is 0. The van der Waals surface area contributed by atoms with Gasteiger partial charge in [-0.25, -0.2) is 4.79 Å². The van der Waals surface area contributed by atoms with Crippen molar-refractivity contribution in [3.63, 3.8) is 0 Å². The standard InChI is InChI=1S/C17H30N2O5/c1-7-10-23-16(22)14(11(2)3)19-15(21)12(18)8-9-13(20)24-17(4,5)6/h7,11-12,14H,1,8-10,18H2,2-6H3,(H,19,21)/t12-,14-/m0/s1. The molecule has 0 spiro atoms. The van der Waals surface area contributed by atoms with E-state index in [4.69, 9.17) is 15.2 Å². The molecule has 0 fully saturated rings. The number of nitrogens with two attached hydrogens (primary N) is 1. The summed E-state index contributed by atoms with van der Waals surface area (Å²) in [5, 5.41) is 2.57. The predicted octanol–water partition coefficient (Wildman–Crippen LogP) is 1.31. The van der Waals surface area contributed by atoms with E-state index in [0.717, 1.165) is 0 Å². The van der Waals surface area contributed by atoms with Gasteiger partial charge in [-0.1, -0.05) is 26.5 Å². The van der Waals surface area contributed by atoms with Crippen molar-refractivity contribution in [1.29, 1.82) is 0 Å². The molecule has 7 nitrogen and oxygen atoms in total. The minimum atomic E-state index is -0.911. The molecule has 1 amide bonds. The number of ether oxygens (including phenoxy) is 2. The second-order valence-electron chi connectivity index (χ2n) is 6.88. The van der Waals surface area contributed by atoms with Crippen LogP contribution in [0, 0.1) is 5.92 Å². The fourth-order valence-corrected chi connectivity index (χ4v) is 1.79. The van der Waals surface area contributed by atoms with Crippen LogP contribution in [0.15, 0.2) is 12.7 Å². The van der Waals surface area contributed by atoms with Gasteiger partial charge in [-0.2, -0.15) is 0 Å². The predicted molar refractivity (Wildman–Crippen MR) is 91.0 cm³/mol. The van der Waals surface area contributed by atoms with Gasteiger partial charge in [0.25, 0.3) is 0 Å². The Labute approximate surface area is 143 Å². The monoisotopic (exact) mass is 342 g/mol. The third-order valence-electron chi connectivity index (χ3n) is 2.98. The Balaban J connectivity index is 4.51. The van der Waals surface area contributed by atoms with Crippen molar-refractivity contribution in [3.05, 3.63) is 12.7 Å². The highest BCUT2D eigenvalue weighted by Crippen LogP contribution is 2.10. The summed E-state index contributed by atoms with van der Waals surface area (Å²) in [5.41, 5.74) is 5.21. The molecule has 0 aromatic carbocycles. The Morgan fingerprint density at radius 2 is 1.83 bits per heavy atom. The van der Waals surface area contributed by atoms with Crippen LogP contribution in [0.5, 0.6) is 0 Å². The summed E-state index contributed by atoms with van der Waals surface area (Å²) < 4.78 is 10.1. The number of esters is 2. The largest absolute Gasteiger partial charge is 0.460 e. The highest BCUT2D eigenvalue weighted by molar-refractivity contribution is 5.87. The van der Waals surface area contributed by atoms with E-state index in [9.17, 15) is 14.4 Å². The van der Waals surface area contributed by atoms with Crippen LogP contribution in [0.25, 0.3) is 0 Å². The van der Waals surface area contributed by atoms with E-state index in [-0.39, 0.29) is 25.4 Å². The van der Waals surface area contributed by atoms with Crippen molar-refractivity contribution in [2.24, 2.45) is 11.7 Å². The molecule has 0 heterocycles. The van der Waals surface area contributed by atoms with E-state index in [1.807, 2.05) is 0 Å². The maximum absolute atomic E-state index is 12.1. The van der Waals surface area contributed by atoms with Crippen molar-refractivity contribution < 1.29 is 23.9 Å². The number of hydrogen-bond donors (Lipinski definition) is 2. The summed E-state index contributed by atoms with van der Waals surface area (Å²) in [6.45, 7) is 12.4. The highest BCUT2D eigenvalue weighted by Gasteiger charge is 2.28. The van der Waals surface area contributed by atoms with E-state index in [2.05, 4.69) is 11.9 Å². The van der Waals surface area contributed by atoms with Crippen molar-refractivity contribution in [3.8, 4) is 0 Å². The maximum Gasteiger partial charge on any atom is 0.329 e. The summed E-state index contributed by atoms with van der Waals surface area (Å²) in [5.74, 6) is -1.63. The maximum atomic E-state index is 12.1. The molecule has 0 saturated heterocycles. The van der Waals surface area contributed by atoms with Gasteiger partial charge in [-0.15, -0.1) is 0 Å². The molecule has 2 atom stereocenters. The molecule has 0 aromatic rings. The van der Waals surface area contributed by atoms with Crippen LogP contribution in [0.3, 0.4) is 0 Å². The topological polar surface area (TPSA) is 108 Å². The number of amides is 1. The second-order valence-corrected chi connectivity index (χ2v) is 6.88. The lowest BCUT2D eigenvalue weighted by molar-refractivity contribution is -0.155. The third kappa shape index (κ3) is 9.29. The number of hydrogen-bond acceptors (Lipinski definition) is 6. The van der Waals surface area contributed by atoms with Crippen LogP contribution < -0.4 is 11.1 Å². The lowest BCUT2D eigenvalue weighted by atomic mass is 10.0. The van der Waals surface area contributed by atoms with Crippen LogP contribution in [0.1, 0.15) is 47.5 Å². The first-order valence-corrected chi connectivity index (χ1v) is 8.03. The zero-order chi connectivity index (χ0) is 18.9. The molecule has 0 aliphatic carbocycles. The van der Waals surface area contributed by atoms with E-state index < -0.39 is 35.5 Å². The molecule has 7 heteroatoms. The zero-order valence-corrected chi connectivity index (χ0v) is 15.3. The minimum absolute atomic E-state index is 0.0269. The fourth-order valence-electron chi connectivity index (χ4n) is 1.79. The van der Waals surface area contributed by atoms with Gasteiger partial charge >= 0.3 is 11.9 Å². The summed E-state index contributed by atoms with van der Waals surface area (Å²) in [6, 6.07) is -1.71. The molecule has 0 aliphatic rings. The van der Waals surface area contributed by atoms with E-state index in [1.165, 1.54) is 6.08 Å². The number of carbonyl (C=O) groups is 3. The highest BCUT2D eigenvalue weighted by atomic mass is 16.6. The normalized spacial score (nSPS) is 13.8. The molecule has 138 valence electrons. The zero-order valence-electron chi connectivity index (χ0n) is 15.3. The average molecular weight is 342 g/mol. The Morgan fingerprint density at radius 1 is 1.25 bits per heavy atom. The summed E-state index contributed by atoms with van der Waals surface area (Å²) in [7, 11) is 0. The van der Waals surface area contributed by atoms with Crippen LogP contribution in [-0.4, -0.2) is 42.1 Å². The van der Waals surface area contributed by atoms with Crippen LogP contribution in [-0.2, 0) is 23.9 Å². The molecular weight excluding hydrogens is 312 g/mol. The molecule has 3 N–H and O–H groups in total. The van der Waals surface area contributed by atoms with Gasteiger partial charge in [-0.3, -0.25) is 9.59 Å². The first kappa shape index (κ1) is 22.1. The Kier molecular flexibility index (Phi) is 9.28. The first-order valence-electron chi connectivity index (χ1n) is 8.03. The van der Waals surface area contributed by atoms with E-state index >= 15 is 0 Å². The fraction of sp³-hybridized carbons (Fsp3) is 0.706. The molecule has 24 heavy (non-hydrogen) atoms. The first-order chi connectivity index (χ1) is 11.0. The van der Waals surface area contributed by atoms with Crippen molar-refractivity contribution in [2.45, 2.75) is 65.1 Å². The molecule has 0 bridgehead atoms. The van der Waals surface area contributed by atoms with Crippen LogP contribution >= 0.6 is 0 Å². The van der Waals surface area contributed by atoms with Gasteiger partial charge in [0.05, 0.1) is 6.04 Å².